The van der Waals surface area contributed by atoms with Gasteiger partial charge in [-0.2, -0.15) is 0 Å². The van der Waals surface area contributed by atoms with E-state index >= 15 is 0 Å². The molecule has 2 rings (SSSR count). The zero-order valence-corrected chi connectivity index (χ0v) is 10.9. The van der Waals surface area contributed by atoms with Crippen LogP contribution in [0, 0.1) is 17.7 Å². The maximum absolute atomic E-state index is 8.07. The quantitative estimate of drug-likeness (QED) is 0.556. The SMILES string of the molecule is Cc1ccccc1N(C)c1nccn(C(=N)N)c1=N. The molecule has 19 heavy (non-hydrogen) atoms. The predicted octanol–water partition coefficient (Wildman–Crippen LogP) is 1.18. The Balaban J connectivity index is 2.54. The van der Waals surface area contributed by atoms with Crippen LogP contribution in [0.5, 0.6) is 0 Å². The van der Waals surface area contributed by atoms with Gasteiger partial charge in [0, 0.05) is 25.1 Å². The van der Waals surface area contributed by atoms with E-state index < -0.39 is 0 Å². The molecule has 1 aromatic carbocycles. The van der Waals surface area contributed by atoms with Crippen molar-refractivity contribution in [2.75, 3.05) is 11.9 Å². The molecular formula is C13H16N6. The van der Waals surface area contributed by atoms with Crippen LogP contribution in [0.15, 0.2) is 36.7 Å². The van der Waals surface area contributed by atoms with Crippen LogP contribution in [0.3, 0.4) is 0 Å². The van der Waals surface area contributed by atoms with Crippen molar-refractivity contribution in [1.82, 2.24) is 9.55 Å². The number of nitrogens with zero attached hydrogens (tertiary/aromatic N) is 3. The lowest BCUT2D eigenvalue weighted by Gasteiger charge is -2.21. The Morgan fingerprint density at radius 1 is 1.37 bits per heavy atom. The summed E-state index contributed by atoms with van der Waals surface area (Å²) in [4.78, 5) is 6.02. The summed E-state index contributed by atoms with van der Waals surface area (Å²) in [7, 11) is 1.84. The molecule has 0 aliphatic rings. The fourth-order valence-corrected chi connectivity index (χ4v) is 1.91. The van der Waals surface area contributed by atoms with Crippen molar-refractivity contribution < 1.29 is 0 Å². The van der Waals surface area contributed by atoms with Gasteiger partial charge in [-0.1, -0.05) is 18.2 Å². The molecule has 0 bridgehead atoms. The van der Waals surface area contributed by atoms with Crippen LogP contribution in [0.1, 0.15) is 5.56 Å². The molecule has 98 valence electrons. The van der Waals surface area contributed by atoms with Crippen LogP contribution < -0.4 is 16.1 Å². The van der Waals surface area contributed by atoms with E-state index in [0.29, 0.717) is 5.82 Å². The van der Waals surface area contributed by atoms with Gasteiger partial charge in [0.1, 0.15) is 0 Å². The van der Waals surface area contributed by atoms with Gasteiger partial charge < -0.3 is 10.6 Å². The highest BCUT2D eigenvalue weighted by atomic mass is 15.2. The molecule has 0 spiro atoms. The molecule has 0 atom stereocenters. The van der Waals surface area contributed by atoms with Crippen LogP contribution in [-0.2, 0) is 0 Å². The summed E-state index contributed by atoms with van der Waals surface area (Å²) >= 11 is 0. The molecule has 0 aliphatic carbocycles. The van der Waals surface area contributed by atoms with Crippen molar-refractivity contribution in [3.63, 3.8) is 0 Å². The average molecular weight is 256 g/mol. The number of nitrogens with two attached hydrogens (primary N) is 1. The van der Waals surface area contributed by atoms with Crippen LogP contribution in [0.4, 0.5) is 11.5 Å². The Kier molecular flexibility index (Phi) is 3.33. The van der Waals surface area contributed by atoms with Crippen LogP contribution >= 0.6 is 0 Å². The summed E-state index contributed by atoms with van der Waals surface area (Å²) in [6, 6.07) is 7.85. The Hall–Kier alpha value is -2.63. The zero-order chi connectivity index (χ0) is 14.0. The van der Waals surface area contributed by atoms with E-state index in [2.05, 4.69) is 4.98 Å². The normalized spacial score (nSPS) is 10.2. The molecule has 0 radical (unpaired) electrons. The lowest BCUT2D eigenvalue weighted by atomic mass is 10.2. The molecule has 0 fully saturated rings. The minimum atomic E-state index is -0.202. The van der Waals surface area contributed by atoms with E-state index in [-0.39, 0.29) is 11.4 Å². The first-order chi connectivity index (χ1) is 9.02. The van der Waals surface area contributed by atoms with Gasteiger partial charge in [0.2, 0.25) is 0 Å². The first-order valence-corrected chi connectivity index (χ1v) is 5.78. The molecule has 6 nitrogen and oxygen atoms in total. The average Bonchev–Trinajstić information content (AvgIpc) is 2.38. The molecular weight excluding hydrogens is 240 g/mol. The van der Waals surface area contributed by atoms with Gasteiger partial charge in [-0.3, -0.25) is 15.4 Å². The maximum atomic E-state index is 8.07. The Morgan fingerprint density at radius 3 is 2.68 bits per heavy atom. The van der Waals surface area contributed by atoms with E-state index in [9.17, 15) is 0 Å². The summed E-state index contributed by atoms with van der Waals surface area (Å²) in [6.45, 7) is 2.00. The first kappa shape index (κ1) is 12.8. The number of anilines is 2. The molecule has 1 aromatic heterocycles. The number of para-hydroxylation sites is 1. The molecule has 1 heterocycles. The standard InChI is InChI=1S/C13H16N6/c1-9-5-3-4-6-10(9)18(2)12-11(14)19(13(15)16)8-7-17-12/h3-8,14H,1-2H3,(H3,15,16). The van der Waals surface area contributed by atoms with E-state index in [1.807, 2.05) is 43.1 Å². The molecule has 0 aliphatic heterocycles. The molecule has 2 aromatic rings. The van der Waals surface area contributed by atoms with Crippen molar-refractivity contribution >= 4 is 17.5 Å². The molecule has 6 heteroatoms. The molecule has 0 saturated carbocycles. The van der Waals surface area contributed by atoms with Gasteiger partial charge in [-0.15, -0.1) is 0 Å². The van der Waals surface area contributed by atoms with Crippen LogP contribution in [0.25, 0.3) is 0 Å². The van der Waals surface area contributed by atoms with Crippen LogP contribution in [0.2, 0.25) is 0 Å². The molecule has 0 unspecified atom stereocenters. The predicted molar refractivity (Wildman–Crippen MR) is 74.6 cm³/mol. The Bertz CT molecular complexity index is 673. The molecule has 4 N–H and O–H groups in total. The highest BCUT2D eigenvalue weighted by Gasteiger charge is 2.11. The summed E-state index contributed by atoms with van der Waals surface area (Å²) in [6.07, 6.45) is 3.03. The van der Waals surface area contributed by atoms with Gasteiger partial charge in [0.25, 0.3) is 0 Å². The number of aryl methyl sites for hydroxylation is 1. The second-order valence-corrected chi connectivity index (χ2v) is 4.20. The summed E-state index contributed by atoms with van der Waals surface area (Å²) in [5.74, 6) is 0.249. The van der Waals surface area contributed by atoms with Crippen molar-refractivity contribution in [3.8, 4) is 0 Å². The third kappa shape index (κ3) is 2.33. The van der Waals surface area contributed by atoms with Crippen molar-refractivity contribution in [3.05, 3.63) is 47.7 Å². The fraction of sp³-hybridized carbons (Fsp3) is 0.154. The zero-order valence-electron chi connectivity index (χ0n) is 10.9. The van der Waals surface area contributed by atoms with Crippen molar-refractivity contribution in [1.29, 1.82) is 10.8 Å². The molecule has 0 amide bonds. The summed E-state index contributed by atoms with van der Waals surface area (Å²) < 4.78 is 1.27. The maximum Gasteiger partial charge on any atom is 0.198 e. The van der Waals surface area contributed by atoms with E-state index in [1.165, 1.54) is 17.0 Å². The number of aromatic nitrogens is 2. The second-order valence-electron chi connectivity index (χ2n) is 4.20. The lowest BCUT2D eigenvalue weighted by Crippen LogP contribution is -2.35. The monoisotopic (exact) mass is 256 g/mol. The van der Waals surface area contributed by atoms with Crippen molar-refractivity contribution in [2.45, 2.75) is 6.92 Å². The summed E-state index contributed by atoms with van der Waals surface area (Å²) in [5, 5.41) is 15.5. The second kappa shape index (κ2) is 4.93. The topological polar surface area (TPSA) is 94.8 Å². The number of nitrogen functional groups attached to an aromatic ring is 1. The number of hydrogen-bond acceptors (Lipinski definition) is 4. The highest BCUT2D eigenvalue weighted by molar-refractivity contribution is 5.77. The largest absolute Gasteiger partial charge is 0.369 e. The van der Waals surface area contributed by atoms with E-state index in [0.717, 1.165) is 11.3 Å². The number of nitrogens with one attached hydrogen (secondary N) is 2. The number of rotatable bonds is 2. The Morgan fingerprint density at radius 2 is 2.05 bits per heavy atom. The third-order valence-corrected chi connectivity index (χ3v) is 2.92. The minimum absolute atomic E-state index is 0.0840. The van der Waals surface area contributed by atoms with Crippen LogP contribution in [-0.4, -0.2) is 22.6 Å². The number of benzene rings is 1. The number of hydrogen-bond donors (Lipinski definition) is 3. The lowest BCUT2D eigenvalue weighted by molar-refractivity contribution is 0.901. The first-order valence-electron chi connectivity index (χ1n) is 5.78. The van der Waals surface area contributed by atoms with E-state index in [4.69, 9.17) is 16.6 Å². The fourth-order valence-electron chi connectivity index (χ4n) is 1.91. The van der Waals surface area contributed by atoms with Crippen molar-refractivity contribution in [2.24, 2.45) is 5.73 Å². The third-order valence-electron chi connectivity index (χ3n) is 2.92. The van der Waals surface area contributed by atoms with Gasteiger partial charge in [0.05, 0.1) is 0 Å². The van der Waals surface area contributed by atoms with Gasteiger partial charge in [-0.05, 0) is 18.6 Å². The van der Waals surface area contributed by atoms with Gasteiger partial charge in [0.15, 0.2) is 17.3 Å². The van der Waals surface area contributed by atoms with Gasteiger partial charge in [-0.25, -0.2) is 4.98 Å². The summed E-state index contributed by atoms with van der Waals surface area (Å²) in [5.41, 5.74) is 7.57. The molecule has 0 saturated heterocycles. The van der Waals surface area contributed by atoms with Gasteiger partial charge >= 0.3 is 0 Å². The highest BCUT2D eigenvalue weighted by Crippen LogP contribution is 2.22. The Labute approximate surface area is 111 Å². The van der Waals surface area contributed by atoms with E-state index in [1.54, 1.807) is 0 Å². The smallest absolute Gasteiger partial charge is 0.198 e. The minimum Gasteiger partial charge on any atom is -0.369 e.